The Balaban J connectivity index is 1.42. The molecule has 1 aliphatic rings. The van der Waals surface area contributed by atoms with Crippen LogP contribution in [0.25, 0.3) is 0 Å². The molecule has 1 aromatic heterocycles. The van der Waals surface area contributed by atoms with Gasteiger partial charge in [0.15, 0.2) is 0 Å². The Morgan fingerprint density at radius 1 is 0.929 bits per heavy atom. The molecule has 7 heteroatoms. The van der Waals surface area contributed by atoms with Gasteiger partial charge in [-0.25, -0.2) is 9.37 Å². The summed E-state index contributed by atoms with van der Waals surface area (Å²) in [5.74, 6) is 1.14. The van der Waals surface area contributed by atoms with Crippen molar-refractivity contribution in [3.8, 4) is 6.07 Å². The van der Waals surface area contributed by atoms with E-state index in [1.54, 1.807) is 30.5 Å². The van der Waals surface area contributed by atoms with Crippen molar-refractivity contribution in [2.24, 2.45) is 0 Å². The summed E-state index contributed by atoms with van der Waals surface area (Å²) in [7, 11) is 0. The molecule has 1 saturated heterocycles. The van der Waals surface area contributed by atoms with Crippen molar-refractivity contribution in [2.75, 3.05) is 41.3 Å². The summed E-state index contributed by atoms with van der Waals surface area (Å²) in [6, 6.07) is 18.0. The van der Waals surface area contributed by atoms with Gasteiger partial charge in [0.2, 0.25) is 5.95 Å². The quantitative estimate of drug-likeness (QED) is 0.753. The summed E-state index contributed by atoms with van der Waals surface area (Å²) in [5, 5.41) is 12.1. The second-order valence-corrected chi connectivity index (χ2v) is 6.48. The van der Waals surface area contributed by atoms with Gasteiger partial charge in [-0.2, -0.15) is 10.2 Å². The standard InChI is InChI=1S/C21H19FN6/c22-18-3-1-2-4-19(18)27-11-13-28(14-12-27)21-24-10-9-20(26-21)25-17-7-5-16(15-23)6-8-17/h1-10H,11-14H2,(H,24,25,26). The van der Waals surface area contributed by atoms with E-state index in [2.05, 4.69) is 26.3 Å². The maximum absolute atomic E-state index is 14.0. The van der Waals surface area contributed by atoms with Crippen molar-refractivity contribution in [1.82, 2.24) is 9.97 Å². The highest BCUT2D eigenvalue weighted by molar-refractivity contribution is 5.58. The minimum absolute atomic E-state index is 0.194. The van der Waals surface area contributed by atoms with Crippen LogP contribution in [0.2, 0.25) is 0 Å². The Morgan fingerprint density at radius 2 is 1.64 bits per heavy atom. The first-order chi connectivity index (χ1) is 13.7. The molecule has 1 fully saturated rings. The molecule has 1 aliphatic heterocycles. The number of nitrogens with zero attached hydrogens (tertiary/aromatic N) is 5. The highest BCUT2D eigenvalue weighted by Crippen LogP contribution is 2.22. The molecule has 6 nitrogen and oxygen atoms in total. The topological polar surface area (TPSA) is 68.1 Å². The molecule has 0 saturated carbocycles. The molecule has 0 aliphatic carbocycles. The molecule has 0 spiro atoms. The van der Waals surface area contributed by atoms with Crippen molar-refractivity contribution in [1.29, 1.82) is 5.26 Å². The molecule has 140 valence electrons. The van der Waals surface area contributed by atoms with E-state index >= 15 is 0 Å². The largest absolute Gasteiger partial charge is 0.366 e. The van der Waals surface area contributed by atoms with Crippen LogP contribution in [0.15, 0.2) is 60.8 Å². The zero-order chi connectivity index (χ0) is 19.3. The third-order valence-electron chi connectivity index (χ3n) is 4.68. The third-order valence-corrected chi connectivity index (χ3v) is 4.68. The number of hydrogen-bond donors (Lipinski definition) is 1. The Bertz CT molecular complexity index is 990. The van der Waals surface area contributed by atoms with Crippen LogP contribution in [-0.4, -0.2) is 36.1 Å². The molecule has 2 heterocycles. The Labute approximate surface area is 162 Å². The molecule has 28 heavy (non-hydrogen) atoms. The highest BCUT2D eigenvalue weighted by Gasteiger charge is 2.21. The van der Waals surface area contributed by atoms with Crippen molar-refractivity contribution >= 4 is 23.1 Å². The molecule has 4 rings (SSSR count). The van der Waals surface area contributed by atoms with Gasteiger partial charge >= 0.3 is 0 Å². The van der Waals surface area contributed by atoms with Gasteiger partial charge in [-0.3, -0.25) is 0 Å². The lowest BCUT2D eigenvalue weighted by molar-refractivity contribution is 0.594. The summed E-state index contributed by atoms with van der Waals surface area (Å²) < 4.78 is 14.0. The summed E-state index contributed by atoms with van der Waals surface area (Å²) in [5.41, 5.74) is 2.11. The first-order valence-electron chi connectivity index (χ1n) is 9.07. The molecular formula is C21H19FN6. The zero-order valence-corrected chi connectivity index (χ0v) is 15.2. The van der Waals surface area contributed by atoms with E-state index in [0.29, 0.717) is 49.2 Å². The van der Waals surface area contributed by atoms with Gasteiger partial charge in [-0.05, 0) is 42.5 Å². The third kappa shape index (κ3) is 3.86. The molecule has 3 aromatic rings. The summed E-state index contributed by atoms with van der Waals surface area (Å²) in [6.45, 7) is 2.85. The van der Waals surface area contributed by atoms with Crippen LogP contribution in [0.1, 0.15) is 5.56 Å². The van der Waals surface area contributed by atoms with Gasteiger partial charge in [0, 0.05) is 38.1 Å². The number of aromatic nitrogens is 2. The van der Waals surface area contributed by atoms with Crippen molar-refractivity contribution in [2.45, 2.75) is 0 Å². The molecule has 0 radical (unpaired) electrons. The number of benzene rings is 2. The van der Waals surface area contributed by atoms with Crippen LogP contribution < -0.4 is 15.1 Å². The van der Waals surface area contributed by atoms with Crippen LogP contribution in [0.5, 0.6) is 0 Å². The molecular weight excluding hydrogens is 355 g/mol. The Kier molecular flexibility index (Phi) is 5.02. The maximum atomic E-state index is 14.0. The summed E-state index contributed by atoms with van der Waals surface area (Å²) in [6.07, 6.45) is 1.72. The SMILES string of the molecule is N#Cc1ccc(Nc2ccnc(N3CCN(c4ccccc4F)CC3)n2)cc1. The fourth-order valence-corrected chi connectivity index (χ4v) is 3.20. The van der Waals surface area contributed by atoms with Crippen LogP contribution in [-0.2, 0) is 0 Å². The summed E-state index contributed by atoms with van der Waals surface area (Å²) >= 11 is 0. The van der Waals surface area contributed by atoms with Crippen LogP contribution >= 0.6 is 0 Å². The Hall–Kier alpha value is -3.66. The molecule has 0 amide bonds. The average molecular weight is 374 g/mol. The molecule has 0 atom stereocenters. The predicted molar refractivity (Wildman–Crippen MR) is 107 cm³/mol. The van der Waals surface area contributed by atoms with Crippen LogP contribution in [0.4, 0.5) is 27.5 Å². The highest BCUT2D eigenvalue weighted by atomic mass is 19.1. The number of nitrogens with one attached hydrogen (secondary N) is 1. The molecule has 0 unspecified atom stereocenters. The number of hydrogen-bond acceptors (Lipinski definition) is 6. The van der Waals surface area contributed by atoms with Gasteiger partial charge in [0.05, 0.1) is 17.3 Å². The second kappa shape index (κ2) is 7.92. The first kappa shape index (κ1) is 17.7. The van der Waals surface area contributed by atoms with E-state index < -0.39 is 0 Å². The molecule has 2 aromatic carbocycles. The summed E-state index contributed by atoms with van der Waals surface area (Å²) in [4.78, 5) is 13.1. The number of nitriles is 1. The number of rotatable bonds is 4. The smallest absolute Gasteiger partial charge is 0.227 e. The van der Waals surface area contributed by atoms with Crippen molar-refractivity contribution < 1.29 is 4.39 Å². The van der Waals surface area contributed by atoms with Gasteiger partial charge in [-0.15, -0.1) is 0 Å². The number of para-hydroxylation sites is 1. The molecule has 1 N–H and O–H groups in total. The fraction of sp³-hybridized carbons (Fsp3) is 0.190. The molecule has 0 bridgehead atoms. The average Bonchev–Trinajstić information content (AvgIpc) is 2.75. The predicted octanol–water partition coefficient (Wildman–Crippen LogP) is 3.56. The van der Waals surface area contributed by atoms with E-state index in [-0.39, 0.29) is 5.82 Å². The van der Waals surface area contributed by atoms with Crippen LogP contribution in [0.3, 0.4) is 0 Å². The lowest BCUT2D eigenvalue weighted by atomic mass is 10.2. The van der Waals surface area contributed by atoms with E-state index in [0.717, 1.165) is 5.69 Å². The lowest BCUT2D eigenvalue weighted by Gasteiger charge is -2.36. The minimum atomic E-state index is -0.194. The normalized spacial score (nSPS) is 13.9. The van der Waals surface area contributed by atoms with E-state index in [9.17, 15) is 4.39 Å². The van der Waals surface area contributed by atoms with Crippen molar-refractivity contribution in [3.05, 3.63) is 72.2 Å². The minimum Gasteiger partial charge on any atom is -0.366 e. The monoisotopic (exact) mass is 374 g/mol. The first-order valence-corrected chi connectivity index (χ1v) is 9.07. The van der Waals surface area contributed by atoms with Gasteiger partial charge < -0.3 is 15.1 Å². The lowest BCUT2D eigenvalue weighted by Crippen LogP contribution is -2.47. The van der Waals surface area contributed by atoms with Crippen LogP contribution in [0, 0.1) is 17.1 Å². The van der Waals surface area contributed by atoms with Gasteiger partial charge in [0.1, 0.15) is 11.6 Å². The van der Waals surface area contributed by atoms with Gasteiger partial charge in [-0.1, -0.05) is 12.1 Å². The Morgan fingerprint density at radius 3 is 2.36 bits per heavy atom. The van der Waals surface area contributed by atoms with Crippen molar-refractivity contribution in [3.63, 3.8) is 0 Å². The number of anilines is 4. The van der Waals surface area contributed by atoms with E-state index in [4.69, 9.17) is 5.26 Å². The second-order valence-electron chi connectivity index (χ2n) is 6.48. The van der Waals surface area contributed by atoms with E-state index in [1.807, 2.05) is 29.2 Å². The number of halogens is 1. The maximum Gasteiger partial charge on any atom is 0.227 e. The number of piperazine rings is 1. The van der Waals surface area contributed by atoms with E-state index in [1.165, 1.54) is 6.07 Å². The van der Waals surface area contributed by atoms with Gasteiger partial charge in [0.25, 0.3) is 0 Å². The fourth-order valence-electron chi connectivity index (χ4n) is 3.20. The zero-order valence-electron chi connectivity index (χ0n) is 15.2.